The van der Waals surface area contributed by atoms with Crippen LogP contribution in [0.25, 0.3) is 0 Å². The van der Waals surface area contributed by atoms with Crippen molar-refractivity contribution in [1.29, 1.82) is 0 Å². The van der Waals surface area contributed by atoms with Gasteiger partial charge >= 0.3 is 0 Å². The largest absolute Gasteiger partial charge is 0.497 e. The molecule has 5 nitrogen and oxygen atoms in total. The first-order valence-electron chi connectivity index (χ1n) is 6.94. The van der Waals surface area contributed by atoms with Crippen LogP contribution >= 0.6 is 12.4 Å². The van der Waals surface area contributed by atoms with Crippen molar-refractivity contribution in [1.82, 2.24) is 10.6 Å². The van der Waals surface area contributed by atoms with Gasteiger partial charge in [0.15, 0.2) is 0 Å². The van der Waals surface area contributed by atoms with E-state index in [1.54, 1.807) is 7.11 Å². The van der Waals surface area contributed by atoms with E-state index < -0.39 is 0 Å². The monoisotopic (exact) mass is 316 g/mol. The zero-order chi connectivity index (χ0) is 14.6. The van der Waals surface area contributed by atoms with E-state index >= 15 is 0 Å². The van der Waals surface area contributed by atoms with Crippen molar-refractivity contribution in [2.75, 3.05) is 33.9 Å². The lowest BCUT2D eigenvalue weighted by Crippen LogP contribution is -2.26. The Morgan fingerprint density at radius 3 is 2.38 bits per heavy atom. The van der Waals surface area contributed by atoms with Crippen LogP contribution in [-0.4, -0.2) is 39.8 Å². The Kier molecular flexibility index (Phi) is 11.4. The van der Waals surface area contributed by atoms with Crippen LogP contribution in [0.2, 0.25) is 0 Å². The molecule has 0 aliphatic carbocycles. The first-order chi connectivity index (χ1) is 9.76. The molecule has 0 bridgehead atoms. The fourth-order valence-electron chi connectivity index (χ4n) is 1.68. The minimum absolute atomic E-state index is 0. The van der Waals surface area contributed by atoms with Crippen molar-refractivity contribution in [2.24, 2.45) is 0 Å². The topological polar surface area (TPSA) is 59.6 Å². The maximum Gasteiger partial charge on any atom is 0.220 e. The van der Waals surface area contributed by atoms with E-state index in [4.69, 9.17) is 9.47 Å². The molecule has 0 radical (unpaired) electrons. The third-order valence-corrected chi connectivity index (χ3v) is 2.80. The molecule has 0 aliphatic rings. The molecule has 0 aromatic heterocycles. The Balaban J connectivity index is 0.00000400. The van der Waals surface area contributed by atoms with Gasteiger partial charge in [-0.1, -0.05) is 0 Å². The first kappa shape index (κ1) is 19.5. The zero-order valence-corrected chi connectivity index (χ0v) is 13.5. The molecule has 0 saturated carbocycles. The summed E-state index contributed by atoms with van der Waals surface area (Å²) in [6.07, 6.45) is 2.16. The second-order valence-corrected chi connectivity index (χ2v) is 4.43. The number of rotatable bonds is 10. The summed E-state index contributed by atoms with van der Waals surface area (Å²) in [6, 6.07) is 7.42. The van der Waals surface area contributed by atoms with Crippen LogP contribution in [0.1, 0.15) is 19.3 Å². The Bertz CT molecular complexity index is 385. The predicted octanol–water partition coefficient (Wildman–Crippen LogP) is 2.00. The number of halogens is 1. The van der Waals surface area contributed by atoms with Gasteiger partial charge in [0.25, 0.3) is 0 Å². The molecule has 1 aromatic rings. The molecule has 0 fully saturated rings. The summed E-state index contributed by atoms with van der Waals surface area (Å²) in [7, 11) is 3.53. The molecule has 0 saturated heterocycles. The molecule has 1 aromatic carbocycles. The van der Waals surface area contributed by atoms with Crippen LogP contribution in [0, 0.1) is 0 Å². The van der Waals surface area contributed by atoms with Crippen LogP contribution in [0.4, 0.5) is 0 Å². The number of methoxy groups -OCH3 is 1. The molecule has 0 atom stereocenters. The van der Waals surface area contributed by atoms with Crippen LogP contribution in [-0.2, 0) is 4.79 Å². The minimum Gasteiger partial charge on any atom is -0.497 e. The van der Waals surface area contributed by atoms with Crippen LogP contribution < -0.4 is 20.1 Å². The molecule has 2 N–H and O–H groups in total. The summed E-state index contributed by atoms with van der Waals surface area (Å²) in [5.41, 5.74) is 0. The van der Waals surface area contributed by atoms with Crippen molar-refractivity contribution in [3.8, 4) is 11.5 Å². The highest BCUT2D eigenvalue weighted by molar-refractivity contribution is 5.85. The van der Waals surface area contributed by atoms with Crippen molar-refractivity contribution in [3.63, 3.8) is 0 Å². The number of nitrogens with one attached hydrogen (secondary N) is 2. The van der Waals surface area contributed by atoms with Gasteiger partial charge in [-0.3, -0.25) is 4.79 Å². The van der Waals surface area contributed by atoms with E-state index in [9.17, 15) is 4.79 Å². The van der Waals surface area contributed by atoms with E-state index in [1.165, 1.54) is 0 Å². The standard InChI is InChI=1S/C15H24N2O3.ClH/c1-16-10-4-11-17-15(18)5-3-12-20-14-8-6-13(19-2)7-9-14;/h6-9,16H,3-5,10-12H2,1-2H3,(H,17,18);1H. The van der Waals surface area contributed by atoms with Crippen LogP contribution in [0.15, 0.2) is 24.3 Å². The van der Waals surface area contributed by atoms with Gasteiger partial charge in [0, 0.05) is 13.0 Å². The highest BCUT2D eigenvalue weighted by Gasteiger charge is 2.01. The number of hydrogen-bond donors (Lipinski definition) is 2. The van der Waals surface area contributed by atoms with E-state index in [0.29, 0.717) is 19.4 Å². The summed E-state index contributed by atoms with van der Waals surface area (Å²) in [4.78, 5) is 11.5. The van der Waals surface area contributed by atoms with E-state index in [2.05, 4.69) is 10.6 Å². The van der Waals surface area contributed by atoms with Gasteiger partial charge in [-0.05, 0) is 50.7 Å². The van der Waals surface area contributed by atoms with Gasteiger partial charge in [0.2, 0.25) is 5.91 Å². The Morgan fingerprint density at radius 2 is 1.76 bits per heavy atom. The molecule has 0 unspecified atom stereocenters. The Hall–Kier alpha value is -1.46. The number of hydrogen-bond acceptors (Lipinski definition) is 4. The molecule has 1 rings (SSSR count). The minimum atomic E-state index is 0. The molecule has 1 amide bonds. The second kappa shape index (κ2) is 12.3. The van der Waals surface area contributed by atoms with Crippen molar-refractivity contribution in [3.05, 3.63) is 24.3 Å². The normalized spacial score (nSPS) is 9.62. The zero-order valence-electron chi connectivity index (χ0n) is 12.7. The number of benzene rings is 1. The lowest BCUT2D eigenvalue weighted by Gasteiger charge is -2.07. The molecule has 0 spiro atoms. The van der Waals surface area contributed by atoms with E-state index in [0.717, 1.165) is 31.0 Å². The summed E-state index contributed by atoms with van der Waals surface area (Å²) in [5.74, 6) is 1.68. The van der Waals surface area contributed by atoms with Crippen molar-refractivity contribution < 1.29 is 14.3 Å². The van der Waals surface area contributed by atoms with Gasteiger partial charge in [0.1, 0.15) is 11.5 Å². The third-order valence-electron chi connectivity index (χ3n) is 2.80. The molecule has 120 valence electrons. The molecular weight excluding hydrogens is 292 g/mol. The average Bonchev–Trinajstić information content (AvgIpc) is 2.49. The lowest BCUT2D eigenvalue weighted by atomic mass is 10.3. The maximum absolute atomic E-state index is 11.5. The third kappa shape index (κ3) is 9.15. The Morgan fingerprint density at radius 1 is 1.10 bits per heavy atom. The fourth-order valence-corrected chi connectivity index (χ4v) is 1.68. The lowest BCUT2D eigenvalue weighted by molar-refractivity contribution is -0.121. The second-order valence-electron chi connectivity index (χ2n) is 4.43. The Labute approximate surface area is 132 Å². The smallest absolute Gasteiger partial charge is 0.220 e. The first-order valence-corrected chi connectivity index (χ1v) is 6.94. The summed E-state index contributed by atoms with van der Waals surface area (Å²) in [5, 5.41) is 5.92. The number of carbonyl (C=O) groups is 1. The predicted molar refractivity (Wildman–Crippen MR) is 86.5 cm³/mol. The maximum atomic E-state index is 11.5. The van der Waals surface area contributed by atoms with Gasteiger partial charge in [-0.2, -0.15) is 0 Å². The molecule has 6 heteroatoms. The highest BCUT2D eigenvalue weighted by atomic mass is 35.5. The number of ether oxygens (including phenoxy) is 2. The number of amides is 1. The van der Waals surface area contributed by atoms with Crippen molar-refractivity contribution in [2.45, 2.75) is 19.3 Å². The summed E-state index contributed by atoms with van der Waals surface area (Å²) >= 11 is 0. The quantitative estimate of drug-likeness (QED) is 0.648. The summed E-state index contributed by atoms with van der Waals surface area (Å²) < 4.78 is 10.6. The van der Waals surface area contributed by atoms with Gasteiger partial charge < -0.3 is 20.1 Å². The molecule has 21 heavy (non-hydrogen) atoms. The fraction of sp³-hybridized carbons (Fsp3) is 0.533. The SMILES string of the molecule is CNCCCNC(=O)CCCOc1ccc(OC)cc1.Cl. The van der Waals surface area contributed by atoms with Gasteiger partial charge in [0.05, 0.1) is 13.7 Å². The number of carbonyl (C=O) groups excluding carboxylic acids is 1. The van der Waals surface area contributed by atoms with Gasteiger partial charge in [-0.25, -0.2) is 0 Å². The van der Waals surface area contributed by atoms with E-state index in [-0.39, 0.29) is 18.3 Å². The average molecular weight is 317 g/mol. The highest BCUT2D eigenvalue weighted by Crippen LogP contribution is 2.17. The van der Waals surface area contributed by atoms with Crippen LogP contribution in [0.3, 0.4) is 0 Å². The molecule has 0 heterocycles. The molecule has 0 aliphatic heterocycles. The summed E-state index contributed by atoms with van der Waals surface area (Å²) in [6.45, 7) is 2.18. The van der Waals surface area contributed by atoms with Crippen LogP contribution in [0.5, 0.6) is 11.5 Å². The molecular formula is C15H25ClN2O3. The van der Waals surface area contributed by atoms with E-state index in [1.807, 2.05) is 31.3 Å². The van der Waals surface area contributed by atoms with Gasteiger partial charge in [-0.15, -0.1) is 12.4 Å². The van der Waals surface area contributed by atoms with Crippen molar-refractivity contribution >= 4 is 18.3 Å².